The van der Waals surface area contributed by atoms with Crippen molar-refractivity contribution < 1.29 is 75.1 Å². The normalized spacial score (nSPS) is 37.1. The standard InChI is InChI=1S/C30H50O4.C29H48O4.C28H46O4.C28H46O3/c1-5-29(33,6-2)15-8-18-34-21(3)24-12-13-25-23(9-7-14-28(24,25)4)11-10-22-19-26(31)30(16-17-30)27(32)20-22;1-5-28(32,6-2)16-17-33-20(3)23-11-12-24-22(8-7-13-27(23,24)4)10-9-21-18-25(30)29(14-15-29)26(31)19-21;1-6-28(31,7-2)15-16-32-20(4)23-12-13-24-22(9-8-14-27(23,24)5)11-10-21-17-25(29)19(3)26(30)18-21;1-18(27(4,5)6)17-31-20(3)23-12-13-24-22(9-8-14-28(23,24)7)11-10-21-15-25(29)19(2)26(30)16-21/h10-11,21,24-27,31-33H,5-9,12-20H2,1-4H3;9-10,20,23-26,30-32H,5-8,11-19H2,1-4H3;10-11,20,23-26,29-31H,3,6-9,12-18H2,1-2,4-5H3;10-11,18,20,23-26,29-30H,2,8-9,12-17H2,1,3-7H3/b23-11+;22-10+;2*22-11+/t21-,24?,25?,26-,27-,28?;2*20-,23?,24?,25-,26-,27?;18-,20+,23?,24?,25+,26+,28?/m1110/s1. The predicted octanol–water partition coefficient (Wildman–Crippen LogP) is 23.5. The fourth-order valence-corrected chi connectivity index (χ4v) is 28.2. The van der Waals surface area contributed by atoms with Crippen molar-refractivity contribution in [2.24, 2.45) is 91.2 Å². The highest BCUT2D eigenvalue weighted by atomic mass is 16.5. The van der Waals surface area contributed by atoms with Gasteiger partial charge >= 0.3 is 0 Å². The second-order valence-electron chi connectivity index (χ2n) is 47.5. The Labute approximate surface area is 790 Å². The molecule has 0 aromatic carbocycles. The van der Waals surface area contributed by atoms with E-state index in [9.17, 15) is 56.2 Å². The lowest BCUT2D eigenvalue weighted by atomic mass is 9.62. The number of rotatable bonds is 30. The molecule has 14 saturated carbocycles. The van der Waals surface area contributed by atoms with Crippen molar-refractivity contribution >= 4 is 0 Å². The van der Waals surface area contributed by atoms with Gasteiger partial charge in [-0.2, -0.15) is 0 Å². The zero-order valence-electron chi connectivity index (χ0n) is 85.2. The molecular formula is C115H190O15. The van der Waals surface area contributed by atoms with Crippen LogP contribution in [-0.4, -0.2) is 173 Å². The Hall–Kier alpha value is -3.20. The van der Waals surface area contributed by atoms with Crippen LogP contribution in [0.25, 0.3) is 0 Å². The monoisotopic (exact) mass is 1810 g/mol. The summed E-state index contributed by atoms with van der Waals surface area (Å²) >= 11 is 0. The summed E-state index contributed by atoms with van der Waals surface area (Å²) in [7, 11) is 0. The van der Waals surface area contributed by atoms with Crippen molar-refractivity contribution in [2.75, 3.05) is 26.4 Å². The average Bonchev–Trinajstić information content (AvgIpc) is 1.60. The van der Waals surface area contributed by atoms with Gasteiger partial charge in [-0.1, -0.05) is 203 Å². The first-order valence-corrected chi connectivity index (χ1v) is 53.4. The largest absolute Gasteiger partial charge is 0.392 e. The number of ether oxygens (including phenoxy) is 4. The van der Waals surface area contributed by atoms with Crippen LogP contribution in [0.4, 0.5) is 0 Å². The summed E-state index contributed by atoms with van der Waals surface area (Å²) in [5.41, 5.74) is 11.3. The Morgan fingerprint density at radius 3 is 0.838 bits per heavy atom. The number of allylic oxidation sites excluding steroid dienone is 12. The molecule has 15 nitrogen and oxygen atoms in total. The molecule has 14 fully saturated rings. The molecule has 0 aromatic rings. The van der Waals surface area contributed by atoms with E-state index in [2.05, 4.69) is 173 Å². The lowest BCUT2D eigenvalue weighted by molar-refractivity contribution is -0.0564. The van der Waals surface area contributed by atoms with Crippen molar-refractivity contribution in [3.8, 4) is 0 Å². The summed E-state index contributed by atoms with van der Waals surface area (Å²) in [5, 5.41) is 115. The third-order valence-electron chi connectivity index (χ3n) is 39.3. The SMILES string of the molecule is C=C1[C@H](O)CC(=C/C=C2\CCCC3(C)C2CCC3[C@@H](C)OCCC(O)(CC)CC)C[C@H]1O.C=C1[C@H](O)CC(=C/C=C2\CCCC3(C)C2CCC3[C@@H](C)OC[C@H](C)C(C)(C)C)C[C@H]1O.CCC(O)(CC)CCCO[C@H](C)C1CCC2/C(=C/C=C3C[C@@H](O)C4(CC4)[C@H](O)C3)CCCC21C.CCC(O)(CC)CCO[C@H](C)C1CCC2/C(=C/C=C3C[C@@H](O)C4(CC4)[C@H](O)C3)CCCC21C. The van der Waals surface area contributed by atoms with Gasteiger partial charge in [0.2, 0.25) is 0 Å². The molecule has 15 heteroatoms. The van der Waals surface area contributed by atoms with Crippen LogP contribution in [0.2, 0.25) is 0 Å². The maximum atomic E-state index is 10.6. The van der Waals surface area contributed by atoms with Crippen molar-refractivity contribution in [3.05, 3.63) is 117 Å². The average molecular weight is 1810 g/mol. The van der Waals surface area contributed by atoms with Crippen LogP contribution in [-0.2, 0) is 18.9 Å². The van der Waals surface area contributed by atoms with Gasteiger partial charge in [0.15, 0.2) is 0 Å². The molecule has 2 spiro atoms. The second-order valence-corrected chi connectivity index (χ2v) is 47.5. The molecule has 0 aliphatic heterocycles. The van der Waals surface area contributed by atoms with Gasteiger partial charge in [0.1, 0.15) is 0 Å². The molecule has 0 amide bonds. The zero-order chi connectivity index (χ0) is 94.9. The minimum Gasteiger partial charge on any atom is -0.392 e. The molecular weight excluding hydrogens is 1620 g/mol. The molecule has 14 aliphatic rings. The number of fused-ring (bicyclic) bond motifs is 4. The smallest absolute Gasteiger partial charge is 0.0809 e. The Kier molecular flexibility index (Phi) is 37.4. The van der Waals surface area contributed by atoms with Gasteiger partial charge in [-0.3, -0.25) is 0 Å². The fraction of sp³-hybridized carbons (Fsp3) is 0.826. The van der Waals surface area contributed by atoms with Gasteiger partial charge in [0.25, 0.3) is 0 Å². The van der Waals surface area contributed by atoms with Crippen molar-refractivity contribution in [2.45, 2.75) is 484 Å². The maximum absolute atomic E-state index is 10.6. The lowest BCUT2D eigenvalue weighted by Gasteiger charge is -2.44. The van der Waals surface area contributed by atoms with Gasteiger partial charge in [-0.25, -0.2) is 0 Å². The van der Waals surface area contributed by atoms with E-state index >= 15 is 0 Å². The third-order valence-corrected chi connectivity index (χ3v) is 39.3. The number of hydrogen-bond acceptors (Lipinski definition) is 15. The van der Waals surface area contributed by atoms with Crippen molar-refractivity contribution in [3.63, 3.8) is 0 Å². The van der Waals surface area contributed by atoms with E-state index in [1.807, 2.05) is 13.8 Å². The van der Waals surface area contributed by atoms with Crippen molar-refractivity contribution in [1.29, 1.82) is 0 Å². The van der Waals surface area contributed by atoms with Crippen LogP contribution in [0.1, 0.15) is 394 Å². The highest BCUT2D eigenvalue weighted by molar-refractivity contribution is 5.34. The molecule has 12 unspecified atom stereocenters. The quantitative estimate of drug-likeness (QED) is 0.0236. The van der Waals surface area contributed by atoms with Gasteiger partial charge in [-0.05, 0) is 389 Å². The summed E-state index contributed by atoms with van der Waals surface area (Å²) in [5.74, 6) is 5.28. The first kappa shape index (κ1) is 107. The third kappa shape index (κ3) is 24.8. The lowest BCUT2D eigenvalue weighted by Crippen LogP contribution is -2.39. The predicted molar refractivity (Wildman–Crippen MR) is 529 cm³/mol. The van der Waals surface area contributed by atoms with E-state index in [1.165, 1.54) is 139 Å². The van der Waals surface area contributed by atoms with Crippen molar-refractivity contribution in [1.82, 2.24) is 0 Å². The Bertz CT molecular complexity index is 3870. The molecule has 14 aliphatic carbocycles. The van der Waals surface area contributed by atoms with Crippen LogP contribution >= 0.6 is 0 Å². The Morgan fingerprint density at radius 2 is 0.585 bits per heavy atom. The maximum Gasteiger partial charge on any atom is 0.0809 e. The molecule has 740 valence electrons. The van der Waals surface area contributed by atoms with Crippen LogP contribution in [0.15, 0.2) is 117 Å². The Morgan fingerprint density at radius 1 is 0.338 bits per heavy atom. The topological polar surface area (TPSA) is 259 Å². The van der Waals surface area contributed by atoms with E-state index in [1.54, 1.807) is 16.7 Å². The van der Waals surface area contributed by atoms with E-state index < -0.39 is 41.2 Å². The second kappa shape index (κ2) is 45.4. The first-order valence-electron chi connectivity index (χ1n) is 53.4. The summed E-state index contributed by atoms with van der Waals surface area (Å²) in [6.07, 6.45) is 56.6. The number of aliphatic hydroxyl groups excluding tert-OH is 8. The summed E-state index contributed by atoms with van der Waals surface area (Å²) in [6, 6.07) is 0. The Balaban J connectivity index is 0.000000168. The molecule has 0 saturated heterocycles. The highest BCUT2D eigenvalue weighted by Crippen LogP contribution is 2.65. The molecule has 130 heavy (non-hydrogen) atoms. The van der Waals surface area contributed by atoms with E-state index in [0.29, 0.717) is 127 Å². The minimum atomic E-state index is -0.632. The van der Waals surface area contributed by atoms with Crippen LogP contribution in [0.3, 0.4) is 0 Å². The van der Waals surface area contributed by atoms with E-state index in [0.717, 1.165) is 140 Å². The van der Waals surface area contributed by atoms with Crippen LogP contribution in [0, 0.1) is 91.2 Å². The molecule has 14 rings (SSSR count). The first-order chi connectivity index (χ1) is 61.4. The van der Waals surface area contributed by atoms with E-state index in [-0.39, 0.29) is 69.8 Å². The highest BCUT2D eigenvalue weighted by Gasteiger charge is 2.60. The molecule has 0 radical (unpaired) electrons. The van der Waals surface area contributed by atoms with Gasteiger partial charge in [0, 0.05) is 37.3 Å². The summed E-state index contributed by atoms with van der Waals surface area (Å²) in [4.78, 5) is 0. The van der Waals surface area contributed by atoms with Gasteiger partial charge in [0.05, 0.1) is 90.1 Å². The zero-order valence-corrected chi connectivity index (χ0v) is 85.2. The summed E-state index contributed by atoms with van der Waals surface area (Å²) in [6.45, 7) is 51.0. The molecule has 0 aromatic heterocycles. The van der Waals surface area contributed by atoms with Crippen LogP contribution in [0.5, 0.6) is 0 Å². The van der Waals surface area contributed by atoms with Crippen LogP contribution < -0.4 is 0 Å². The van der Waals surface area contributed by atoms with E-state index in [4.69, 9.17) is 18.9 Å². The molecule has 0 bridgehead atoms. The number of aliphatic hydroxyl groups is 11. The van der Waals surface area contributed by atoms with Gasteiger partial charge < -0.3 is 75.1 Å². The molecule has 11 N–H and O–H groups in total. The van der Waals surface area contributed by atoms with Gasteiger partial charge in [-0.15, -0.1) is 0 Å². The fourth-order valence-electron chi connectivity index (χ4n) is 28.2. The minimum absolute atomic E-state index is 0.186. The number of hydrogen-bond donors (Lipinski definition) is 11. The summed E-state index contributed by atoms with van der Waals surface area (Å²) < 4.78 is 25.5. The molecule has 0 heterocycles. The molecule has 25 atom stereocenters.